The van der Waals surface area contributed by atoms with Gasteiger partial charge in [-0.1, -0.05) is 24.3 Å². The number of carbonyl (C=O) groups is 2. The molecule has 0 saturated carbocycles. The summed E-state index contributed by atoms with van der Waals surface area (Å²) in [4.78, 5) is 32.7. The molecule has 3 amide bonds. The Kier molecular flexibility index (Phi) is 5.38. The molecule has 0 bridgehead atoms. The smallest absolute Gasteiger partial charge is 0.319 e. The highest BCUT2D eigenvalue weighted by Gasteiger charge is 2.08. The third-order valence-corrected chi connectivity index (χ3v) is 4.39. The lowest BCUT2D eigenvalue weighted by Gasteiger charge is -2.09. The van der Waals surface area contributed by atoms with E-state index in [1.165, 1.54) is 0 Å². The molecule has 0 fully saturated rings. The van der Waals surface area contributed by atoms with Crippen LogP contribution in [0.1, 0.15) is 5.56 Å². The fourth-order valence-electron chi connectivity index (χ4n) is 2.96. The Morgan fingerprint density at radius 2 is 1.83 bits per heavy atom. The van der Waals surface area contributed by atoms with Crippen molar-refractivity contribution in [2.45, 2.75) is 6.92 Å². The Balaban J connectivity index is 1.30. The maximum absolute atomic E-state index is 12.1. The second kappa shape index (κ2) is 8.44. The molecule has 30 heavy (non-hydrogen) atoms. The number of amides is 3. The van der Waals surface area contributed by atoms with E-state index >= 15 is 0 Å². The standard InChI is InChI=1S/C22H20N6O2/c1-15-4-2-5-18(12-15)26-22(30)24-13-20(29)25-17-8-6-16(7-9-17)19-14-28-11-3-10-23-21(28)27-19/h2-12,14H,13H2,1H3,(H,25,29)(H2,24,26,30). The molecule has 0 aliphatic carbocycles. The third kappa shape index (κ3) is 4.61. The average molecular weight is 400 g/mol. The lowest BCUT2D eigenvalue weighted by atomic mass is 10.1. The average Bonchev–Trinajstić information content (AvgIpc) is 3.17. The van der Waals surface area contributed by atoms with Gasteiger partial charge in [-0.25, -0.2) is 14.8 Å². The number of hydrogen-bond acceptors (Lipinski definition) is 4. The summed E-state index contributed by atoms with van der Waals surface area (Å²) >= 11 is 0. The van der Waals surface area contributed by atoms with Crippen molar-refractivity contribution in [3.05, 3.63) is 78.8 Å². The molecule has 0 radical (unpaired) electrons. The minimum atomic E-state index is -0.438. The zero-order valence-corrected chi connectivity index (χ0v) is 16.3. The summed E-state index contributed by atoms with van der Waals surface area (Å²) in [7, 11) is 0. The van der Waals surface area contributed by atoms with Gasteiger partial charge in [-0.15, -0.1) is 0 Å². The summed E-state index contributed by atoms with van der Waals surface area (Å²) in [5.74, 6) is 0.305. The van der Waals surface area contributed by atoms with Gasteiger partial charge in [0.15, 0.2) is 0 Å². The van der Waals surface area contributed by atoms with Gasteiger partial charge >= 0.3 is 6.03 Å². The summed E-state index contributed by atoms with van der Waals surface area (Å²) < 4.78 is 1.85. The van der Waals surface area contributed by atoms with Gasteiger partial charge in [0.1, 0.15) is 0 Å². The first-order chi connectivity index (χ1) is 14.6. The Morgan fingerprint density at radius 3 is 2.60 bits per heavy atom. The summed E-state index contributed by atoms with van der Waals surface area (Å²) in [6, 6.07) is 16.1. The Bertz CT molecular complexity index is 1170. The monoisotopic (exact) mass is 400 g/mol. The van der Waals surface area contributed by atoms with Gasteiger partial charge in [0.05, 0.1) is 12.2 Å². The zero-order valence-electron chi connectivity index (χ0n) is 16.3. The van der Waals surface area contributed by atoms with Crippen LogP contribution in [0.15, 0.2) is 73.2 Å². The molecule has 3 N–H and O–H groups in total. The first kappa shape index (κ1) is 19.1. The SMILES string of the molecule is Cc1cccc(NC(=O)NCC(=O)Nc2ccc(-c3cn4cccnc4n3)cc2)c1. The number of hydrogen-bond donors (Lipinski definition) is 3. The molecule has 4 aromatic rings. The lowest BCUT2D eigenvalue weighted by Crippen LogP contribution is -2.35. The predicted molar refractivity (Wildman–Crippen MR) is 115 cm³/mol. The highest BCUT2D eigenvalue weighted by molar-refractivity contribution is 5.97. The number of nitrogens with one attached hydrogen (secondary N) is 3. The number of benzene rings is 2. The molecule has 0 unspecified atom stereocenters. The fraction of sp³-hybridized carbons (Fsp3) is 0.0909. The molecule has 0 atom stereocenters. The molecule has 8 nitrogen and oxygen atoms in total. The number of aryl methyl sites for hydroxylation is 1. The number of aromatic nitrogens is 3. The van der Waals surface area contributed by atoms with Crippen LogP contribution in [0.4, 0.5) is 16.2 Å². The Labute approximate surface area is 173 Å². The van der Waals surface area contributed by atoms with Gasteiger partial charge < -0.3 is 16.0 Å². The van der Waals surface area contributed by atoms with Crippen LogP contribution in [-0.4, -0.2) is 32.9 Å². The molecule has 0 spiro atoms. The molecule has 8 heteroatoms. The van der Waals surface area contributed by atoms with Gasteiger partial charge in [0, 0.05) is 35.5 Å². The maximum atomic E-state index is 12.1. The normalized spacial score (nSPS) is 10.6. The maximum Gasteiger partial charge on any atom is 0.319 e. The van der Waals surface area contributed by atoms with Crippen LogP contribution in [0.2, 0.25) is 0 Å². The van der Waals surface area contributed by atoms with E-state index in [0.29, 0.717) is 17.2 Å². The van der Waals surface area contributed by atoms with E-state index < -0.39 is 6.03 Å². The van der Waals surface area contributed by atoms with Crippen LogP contribution >= 0.6 is 0 Å². The van der Waals surface area contributed by atoms with Crippen molar-refractivity contribution in [3.8, 4) is 11.3 Å². The van der Waals surface area contributed by atoms with Crippen LogP contribution in [0.3, 0.4) is 0 Å². The molecule has 2 heterocycles. The van der Waals surface area contributed by atoms with Crippen molar-refractivity contribution in [1.82, 2.24) is 19.7 Å². The Morgan fingerprint density at radius 1 is 1.00 bits per heavy atom. The Hall–Kier alpha value is -4.20. The number of anilines is 2. The van der Waals surface area contributed by atoms with Crippen molar-refractivity contribution in [3.63, 3.8) is 0 Å². The van der Waals surface area contributed by atoms with Gasteiger partial charge in [-0.3, -0.25) is 9.20 Å². The van der Waals surface area contributed by atoms with Crippen molar-refractivity contribution >= 4 is 29.1 Å². The summed E-state index contributed by atoms with van der Waals surface area (Å²) in [6.45, 7) is 1.80. The van der Waals surface area contributed by atoms with Gasteiger partial charge in [0.25, 0.3) is 0 Å². The molecule has 0 aliphatic rings. The highest BCUT2D eigenvalue weighted by atomic mass is 16.2. The molecule has 150 valence electrons. The van der Waals surface area contributed by atoms with Crippen LogP contribution < -0.4 is 16.0 Å². The largest absolute Gasteiger partial charge is 0.329 e. The van der Waals surface area contributed by atoms with Gasteiger partial charge in [-0.05, 0) is 42.8 Å². The van der Waals surface area contributed by atoms with Crippen LogP contribution in [0.25, 0.3) is 17.0 Å². The highest BCUT2D eigenvalue weighted by Crippen LogP contribution is 2.20. The number of carbonyl (C=O) groups excluding carboxylic acids is 2. The van der Waals surface area contributed by atoms with Gasteiger partial charge in [0.2, 0.25) is 11.7 Å². The van der Waals surface area contributed by atoms with Crippen molar-refractivity contribution in [2.75, 3.05) is 17.2 Å². The first-order valence-corrected chi connectivity index (χ1v) is 9.38. The molecular formula is C22H20N6O2. The molecule has 2 aromatic carbocycles. The number of fused-ring (bicyclic) bond motifs is 1. The molecule has 0 saturated heterocycles. The quantitative estimate of drug-likeness (QED) is 0.478. The van der Waals surface area contributed by atoms with Crippen molar-refractivity contribution in [2.24, 2.45) is 0 Å². The molecule has 2 aromatic heterocycles. The predicted octanol–water partition coefficient (Wildman–Crippen LogP) is 3.46. The number of urea groups is 1. The second-order valence-electron chi connectivity index (χ2n) is 6.76. The summed E-state index contributed by atoms with van der Waals surface area (Å²) in [5.41, 5.74) is 4.04. The van der Waals surface area contributed by atoms with E-state index in [9.17, 15) is 9.59 Å². The number of imidazole rings is 1. The second-order valence-corrected chi connectivity index (χ2v) is 6.76. The number of rotatable bonds is 5. The lowest BCUT2D eigenvalue weighted by molar-refractivity contribution is -0.115. The number of nitrogens with zero attached hydrogens (tertiary/aromatic N) is 3. The minimum absolute atomic E-state index is 0.141. The third-order valence-electron chi connectivity index (χ3n) is 4.39. The summed E-state index contributed by atoms with van der Waals surface area (Å²) in [5, 5.41) is 7.99. The van der Waals surface area contributed by atoms with Crippen molar-refractivity contribution < 1.29 is 9.59 Å². The minimum Gasteiger partial charge on any atom is -0.329 e. The van der Waals surface area contributed by atoms with E-state index in [0.717, 1.165) is 16.8 Å². The van der Waals surface area contributed by atoms with Crippen LogP contribution in [-0.2, 0) is 4.79 Å². The van der Waals surface area contributed by atoms with E-state index in [2.05, 4.69) is 25.9 Å². The summed E-state index contributed by atoms with van der Waals surface area (Å²) in [6.07, 6.45) is 5.47. The van der Waals surface area contributed by atoms with Gasteiger partial charge in [-0.2, -0.15) is 0 Å². The fourth-order valence-corrected chi connectivity index (χ4v) is 2.96. The molecule has 0 aliphatic heterocycles. The van der Waals surface area contributed by atoms with Crippen LogP contribution in [0, 0.1) is 6.92 Å². The van der Waals surface area contributed by atoms with E-state index in [1.54, 1.807) is 24.4 Å². The molecular weight excluding hydrogens is 380 g/mol. The first-order valence-electron chi connectivity index (χ1n) is 9.38. The van der Waals surface area contributed by atoms with E-state index in [-0.39, 0.29) is 12.5 Å². The van der Waals surface area contributed by atoms with E-state index in [4.69, 9.17) is 0 Å². The molecule has 4 rings (SSSR count). The van der Waals surface area contributed by atoms with Crippen molar-refractivity contribution in [1.29, 1.82) is 0 Å². The van der Waals surface area contributed by atoms with Crippen LogP contribution in [0.5, 0.6) is 0 Å². The zero-order chi connectivity index (χ0) is 20.9. The van der Waals surface area contributed by atoms with E-state index in [1.807, 2.05) is 60.1 Å². The topological polar surface area (TPSA) is 100 Å².